The Labute approximate surface area is 273 Å². The third kappa shape index (κ3) is 7.80. The van der Waals surface area contributed by atoms with Crippen molar-refractivity contribution < 1.29 is 18.3 Å². The predicted molar refractivity (Wildman–Crippen MR) is 176 cm³/mol. The Morgan fingerprint density at radius 3 is 2.61 bits per heavy atom. The predicted octanol–water partition coefficient (Wildman–Crippen LogP) is 4.87. The van der Waals surface area contributed by atoms with E-state index in [2.05, 4.69) is 20.5 Å². The van der Waals surface area contributed by atoms with E-state index >= 15 is 0 Å². The van der Waals surface area contributed by atoms with Crippen molar-refractivity contribution in [3.63, 3.8) is 0 Å². The number of ether oxygens (including phenoxy) is 1. The van der Waals surface area contributed by atoms with Crippen LogP contribution in [0.25, 0.3) is 5.69 Å². The number of benzene rings is 3. The first-order valence-electron chi connectivity index (χ1n) is 15.8. The Balaban J connectivity index is 1.01. The lowest BCUT2D eigenvalue weighted by molar-refractivity contribution is 0.146. The van der Waals surface area contributed by atoms with Crippen LogP contribution in [0.3, 0.4) is 0 Å². The minimum atomic E-state index is -3.88. The van der Waals surface area contributed by atoms with E-state index in [0.717, 1.165) is 42.7 Å². The van der Waals surface area contributed by atoms with E-state index in [1.165, 1.54) is 47.2 Å². The van der Waals surface area contributed by atoms with Gasteiger partial charge < -0.3 is 15.2 Å². The molecule has 0 spiro atoms. The molecule has 2 atom stereocenters. The van der Waals surface area contributed by atoms with Gasteiger partial charge in [0.1, 0.15) is 11.9 Å². The molecule has 46 heavy (non-hydrogen) atoms. The smallest absolute Gasteiger partial charge is 0.368 e. The Kier molecular flexibility index (Phi) is 10.1. The number of rotatable bonds is 13. The number of hydrogen-bond acceptors (Lipinski definition) is 8. The summed E-state index contributed by atoms with van der Waals surface area (Å²) in [5.41, 5.74) is 2.20. The lowest BCUT2D eigenvalue weighted by Crippen LogP contribution is -2.36. The average Bonchev–Trinajstić information content (AvgIpc) is 3.71. The van der Waals surface area contributed by atoms with Gasteiger partial charge in [-0.1, -0.05) is 49.4 Å². The normalized spacial score (nSPS) is 17.4. The number of aliphatic hydroxyl groups is 1. The van der Waals surface area contributed by atoms with Crippen molar-refractivity contribution in [3.05, 3.63) is 93.4 Å². The zero-order valence-corrected chi connectivity index (χ0v) is 27.1. The number of tetrazole rings is 1. The summed E-state index contributed by atoms with van der Waals surface area (Å²) in [6, 6.07) is 18.4. The molecule has 1 aliphatic heterocycles. The Bertz CT molecular complexity index is 1800. The highest BCUT2D eigenvalue weighted by molar-refractivity contribution is 7.92. The highest BCUT2D eigenvalue weighted by atomic mass is 35.5. The number of halogens is 1. The Morgan fingerprint density at radius 2 is 1.83 bits per heavy atom. The van der Waals surface area contributed by atoms with Crippen LogP contribution in [0.1, 0.15) is 62.2 Å². The number of hydrogen-bond donors (Lipinski definition) is 3. The van der Waals surface area contributed by atoms with Crippen molar-refractivity contribution in [2.45, 2.75) is 75.0 Å². The van der Waals surface area contributed by atoms with Crippen LogP contribution in [0.4, 0.5) is 5.69 Å². The molecule has 0 radical (unpaired) electrons. The summed E-state index contributed by atoms with van der Waals surface area (Å²) in [4.78, 5) is 12.9. The molecule has 6 rings (SSSR count). The molecule has 0 saturated heterocycles. The number of sulfonamides is 1. The van der Waals surface area contributed by atoms with Crippen LogP contribution in [-0.4, -0.2) is 52.5 Å². The van der Waals surface area contributed by atoms with Gasteiger partial charge in [0, 0.05) is 30.3 Å². The number of aryl methyl sites for hydroxylation is 2. The maximum atomic E-state index is 13.2. The average molecular weight is 667 g/mol. The van der Waals surface area contributed by atoms with Gasteiger partial charge in [0.15, 0.2) is 0 Å². The van der Waals surface area contributed by atoms with Crippen LogP contribution < -0.4 is 20.5 Å². The fourth-order valence-electron chi connectivity index (χ4n) is 6.25. The van der Waals surface area contributed by atoms with Gasteiger partial charge in [0.05, 0.1) is 16.7 Å². The summed E-state index contributed by atoms with van der Waals surface area (Å²) < 4.78 is 37.7. The van der Waals surface area contributed by atoms with E-state index < -0.39 is 16.1 Å². The van der Waals surface area contributed by atoms with E-state index in [1.54, 1.807) is 42.5 Å². The first-order chi connectivity index (χ1) is 22.2. The lowest BCUT2D eigenvalue weighted by atomic mass is 10.0. The molecule has 1 aromatic heterocycles. The van der Waals surface area contributed by atoms with E-state index in [1.807, 2.05) is 12.1 Å². The van der Waals surface area contributed by atoms with Gasteiger partial charge in [-0.25, -0.2) is 13.2 Å². The molecular weight excluding hydrogens is 628 g/mol. The van der Waals surface area contributed by atoms with Crippen molar-refractivity contribution in [3.8, 4) is 11.4 Å². The summed E-state index contributed by atoms with van der Waals surface area (Å²) >= 11 is 6.02. The largest absolute Gasteiger partial charge is 0.489 e. The summed E-state index contributed by atoms with van der Waals surface area (Å²) in [6.45, 7) is 1.44. The van der Waals surface area contributed by atoms with Gasteiger partial charge in [0.2, 0.25) is 0 Å². The third-order valence-electron chi connectivity index (χ3n) is 8.77. The van der Waals surface area contributed by atoms with E-state index in [4.69, 9.17) is 16.3 Å². The van der Waals surface area contributed by atoms with Crippen LogP contribution in [0.5, 0.6) is 5.75 Å². The van der Waals surface area contributed by atoms with Gasteiger partial charge in [-0.2, -0.15) is 9.36 Å². The van der Waals surface area contributed by atoms with Crippen molar-refractivity contribution in [2.24, 2.45) is 5.92 Å². The minimum absolute atomic E-state index is 0.0633. The number of fused-ring (bicyclic) bond motifs is 1. The summed E-state index contributed by atoms with van der Waals surface area (Å²) in [6.07, 6.45) is 7.81. The van der Waals surface area contributed by atoms with Gasteiger partial charge in [0.25, 0.3) is 10.0 Å². The first kappa shape index (κ1) is 32.2. The minimum Gasteiger partial charge on any atom is -0.489 e. The third-order valence-corrected chi connectivity index (χ3v) is 10.4. The van der Waals surface area contributed by atoms with Gasteiger partial charge >= 0.3 is 5.69 Å². The molecular formula is C33H39ClN6O5S. The molecule has 0 bridgehead atoms. The molecule has 13 heteroatoms. The summed E-state index contributed by atoms with van der Waals surface area (Å²) in [7, 11) is -3.88. The molecule has 1 saturated carbocycles. The fraction of sp³-hybridized carbons (Fsp3) is 0.424. The summed E-state index contributed by atoms with van der Waals surface area (Å²) in [5, 5.41) is 22.3. The Morgan fingerprint density at radius 1 is 1.02 bits per heavy atom. The molecule has 0 amide bonds. The number of nitrogens with zero attached hydrogens (tertiary/aromatic N) is 4. The second-order valence-corrected chi connectivity index (χ2v) is 14.2. The van der Waals surface area contributed by atoms with Crippen LogP contribution in [0.15, 0.2) is 76.4 Å². The fourth-order valence-corrected chi connectivity index (χ4v) is 7.50. The Hall–Kier alpha value is -3.71. The number of nitrogens with one attached hydrogen (secondary N) is 2. The zero-order valence-electron chi connectivity index (χ0n) is 25.5. The standard InChI is InChI=1S/C33H39ClN6O5S/c34-26-9-3-8-24(19-26)31(41)22-35-21-29-14-10-25-20-27(11-17-32(25)45-29)36-46(43,44)30-15-12-28(13-16-30)40-33(42)39(37-38-40)18-4-7-23-5-1-2-6-23/h3,8-9,11-13,15-17,19-20,23,29,31,35-36,41H,1-2,4-7,10,14,18,21-22H2. The van der Waals surface area contributed by atoms with E-state index in [0.29, 0.717) is 41.8 Å². The van der Waals surface area contributed by atoms with Crippen molar-refractivity contribution in [2.75, 3.05) is 17.8 Å². The molecule has 244 valence electrons. The van der Waals surface area contributed by atoms with Crippen LogP contribution >= 0.6 is 11.6 Å². The second kappa shape index (κ2) is 14.4. The van der Waals surface area contributed by atoms with Gasteiger partial charge in [-0.3, -0.25) is 4.72 Å². The van der Waals surface area contributed by atoms with Crippen molar-refractivity contribution in [1.82, 2.24) is 25.1 Å². The SMILES string of the molecule is O=c1n(CCCC2CCCC2)nnn1-c1ccc(S(=O)(=O)Nc2ccc3c(c2)CCC(CNCC(O)c2cccc(Cl)c2)O3)cc1. The number of aromatic nitrogens is 4. The molecule has 3 N–H and O–H groups in total. The topological polar surface area (TPSA) is 140 Å². The number of aliphatic hydroxyl groups excluding tert-OH is 1. The monoisotopic (exact) mass is 666 g/mol. The molecule has 2 aliphatic rings. The molecule has 1 aliphatic carbocycles. The summed E-state index contributed by atoms with van der Waals surface area (Å²) in [5.74, 6) is 1.45. The van der Waals surface area contributed by atoms with E-state index in [9.17, 15) is 18.3 Å². The quantitative estimate of drug-likeness (QED) is 0.184. The molecule has 2 unspecified atom stereocenters. The first-order valence-corrected chi connectivity index (χ1v) is 17.7. The molecule has 2 heterocycles. The van der Waals surface area contributed by atoms with Crippen LogP contribution in [0.2, 0.25) is 5.02 Å². The molecule has 1 fully saturated rings. The lowest BCUT2D eigenvalue weighted by Gasteiger charge is -2.27. The highest BCUT2D eigenvalue weighted by Gasteiger charge is 2.22. The van der Waals surface area contributed by atoms with Gasteiger partial charge in [-0.15, -0.1) is 0 Å². The van der Waals surface area contributed by atoms with Crippen molar-refractivity contribution in [1.29, 1.82) is 0 Å². The van der Waals surface area contributed by atoms with E-state index in [-0.39, 0.29) is 16.7 Å². The molecule has 3 aromatic carbocycles. The maximum absolute atomic E-state index is 13.2. The molecule has 4 aromatic rings. The van der Waals surface area contributed by atoms with Crippen LogP contribution in [0, 0.1) is 5.92 Å². The maximum Gasteiger partial charge on any atom is 0.368 e. The zero-order chi connectivity index (χ0) is 32.1. The number of anilines is 1. The van der Waals surface area contributed by atoms with Crippen molar-refractivity contribution >= 4 is 27.3 Å². The van der Waals surface area contributed by atoms with Gasteiger partial charge in [-0.05, 0) is 108 Å². The second-order valence-electron chi connectivity index (χ2n) is 12.1. The highest BCUT2D eigenvalue weighted by Crippen LogP contribution is 2.31. The molecule has 11 nitrogen and oxygen atoms in total. The van der Waals surface area contributed by atoms with Crippen LogP contribution in [-0.2, 0) is 23.0 Å².